The molecular formula is C23H20F3N5O2. The van der Waals surface area contributed by atoms with Crippen LogP contribution in [0.3, 0.4) is 0 Å². The van der Waals surface area contributed by atoms with E-state index in [2.05, 4.69) is 32.0 Å². The number of carbonyl (C=O) groups is 1. The molecule has 2 aromatic carbocycles. The van der Waals surface area contributed by atoms with E-state index in [0.29, 0.717) is 23.8 Å². The van der Waals surface area contributed by atoms with Crippen molar-refractivity contribution in [1.82, 2.24) is 19.6 Å². The first-order valence-electron chi connectivity index (χ1n) is 10.3. The zero-order valence-electron chi connectivity index (χ0n) is 17.6. The Kier molecular flexibility index (Phi) is 6.25. The van der Waals surface area contributed by atoms with Crippen molar-refractivity contribution in [1.29, 1.82) is 0 Å². The average molecular weight is 455 g/mol. The molecule has 1 amide bonds. The van der Waals surface area contributed by atoms with Crippen LogP contribution in [0.2, 0.25) is 0 Å². The summed E-state index contributed by atoms with van der Waals surface area (Å²) in [7, 11) is 0. The van der Waals surface area contributed by atoms with E-state index >= 15 is 0 Å². The van der Waals surface area contributed by atoms with Crippen LogP contribution in [0.15, 0.2) is 60.7 Å². The van der Waals surface area contributed by atoms with E-state index in [-0.39, 0.29) is 5.56 Å². The molecule has 4 rings (SSSR count). The van der Waals surface area contributed by atoms with E-state index in [1.165, 1.54) is 16.6 Å². The molecule has 33 heavy (non-hydrogen) atoms. The number of amides is 1. The van der Waals surface area contributed by atoms with Gasteiger partial charge in [-0.15, -0.1) is 18.3 Å². The maximum Gasteiger partial charge on any atom is 0.573 e. The molecule has 10 heteroatoms. The third-order valence-electron chi connectivity index (χ3n) is 4.78. The van der Waals surface area contributed by atoms with Crippen LogP contribution in [0.1, 0.15) is 35.8 Å². The molecule has 0 saturated heterocycles. The molecule has 4 aromatic rings. The number of halogens is 3. The molecule has 0 unspecified atom stereocenters. The first-order valence-corrected chi connectivity index (χ1v) is 10.3. The minimum atomic E-state index is -4.80. The van der Waals surface area contributed by atoms with E-state index < -0.39 is 18.0 Å². The van der Waals surface area contributed by atoms with Crippen LogP contribution in [0.25, 0.3) is 17.2 Å². The third-order valence-corrected chi connectivity index (χ3v) is 4.78. The van der Waals surface area contributed by atoms with Crippen LogP contribution >= 0.6 is 0 Å². The predicted octanol–water partition coefficient (Wildman–Crippen LogP) is 5.28. The molecule has 0 radical (unpaired) electrons. The second kappa shape index (κ2) is 9.27. The quantitative estimate of drug-likeness (QED) is 0.410. The van der Waals surface area contributed by atoms with Gasteiger partial charge in [0.1, 0.15) is 11.6 Å². The Bertz CT molecular complexity index is 1260. The largest absolute Gasteiger partial charge is 0.573 e. The lowest BCUT2D eigenvalue weighted by Gasteiger charge is -2.10. The van der Waals surface area contributed by atoms with Gasteiger partial charge < -0.3 is 10.1 Å². The lowest BCUT2D eigenvalue weighted by Crippen LogP contribution is -2.18. The molecule has 170 valence electrons. The highest BCUT2D eigenvalue weighted by Gasteiger charge is 2.31. The number of ether oxygens (including phenoxy) is 1. The molecule has 0 spiro atoms. The first-order chi connectivity index (χ1) is 15.8. The second-order valence-electron chi connectivity index (χ2n) is 7.28. The highest BCUT2D eigenvalue weighted by Crippen LogP contribution is 2.24. The van der Waals surface area contributed by atoms with Gasteiger partial charge >= 0.3 is 6.36 Å². The van der Waals surface area contributed by atoms with E-state index in [4.69, 9.17) is 0 Å². The van der Waals surface area contributed by atoms with Gasteiger partial charge in [0.25, 0.3) is 11.7 Å². The summed E-state index contributed by atoms with van der Waals surface area (Å²) in [4.78, 5) is 21.9. The van der Waals surface area contributed by atoms with Crippen molar-refractivity contribution in [3.05, 3.63) is 71.9 Å². The molecule has 2 aromatic heterocycles. The number of anilines is 1. The van der Waals surface area contributed by atoms with Crippen molar-refractivity contribution in [2.75, 3.05) is 5.32 Å². The Morgan fingerprint density at radius 3 is 2.45 bits per heavy atom. The van der Waals surface area contributed by atoms with Gasteiger partial charge in [-0.1, -0.05) is 43.7 Å². The molecule has 7 nitrogen and oxygen atoms in total. The van der Waals surface area contributed by atoms with E-state index in [1.807, 2.05) is 30.3 Å². The Morgan fingerprint density at radius 2 is 1.79 bits per heavy atom. The standard InChI is InChI=1S/C23H20F3N5O2/c1-2-3-9-17-14-19(28-21(32)16-10-12-18(13-11-16)33-23(24,25)26)31-22(27-17)29-20(30-31)15-7-5-4-6-8-15/h4-8,10-14H,2-3,9H2,1H3,(H,28,32). The molecule has 0 bridgehead atoms. The number of unbranched alkanes of at least 4 members (excludes halogenated alkanes) is 1. The van der Waals surface area contributed by atoms with Gasteiger partial charge in [-0.05, 0) is 37.1 Å². The van der Waals surface area contributed by atoms with E-state index in [9.17, 15) is 18.0 Å². The molecule has 0 aliphatic heterocycles. The fraction of sp³-hybridized carbons (Fsp3) is 0.217. The number of benzene rings is 2. The average Bonchev–Trinajstić information content (AvgIpc) is 3.22. The van der Waals surface area contributed by atoms with E-state index in [0.717, 1.165) is 36.2 Å². The van der Waals surface area contributed by atoms with Crippen LogP contribution in [-0.2, 0) is 6.42 Å². The van der Waals surface area contributed by atoms with Crippen LogP contribution in [0.4, 0.5) is 19.0 Å². The van der Waals surface area contributed by atoms with Crippen molar-refractivity contribution in [3.8, 4) is 17.1 Å². The van der Waals surface area contributed by atoms with Crippen LogP contribution in [-0.4, -0.2) is 31.9 Å². The van der Waals surface area contributed by atoms with Crippen molar-refractivity contribution in [2.45, 2.75) is 32.5 Å². The molecule has 0 aliphatic rings. The number of carbonyl (C=O) groups excluding carboxylic acids is 1. The van der Waals surface area contributed by atoms with Crippen molar-refractivity contribution < 1.29 is 22.7 Å². The lowest BCUT2D eigenvalue weighted by molar-refractivity contribution is -0.274. The maximum atomic E-state index is 12.8. The number of hydrogen-bond donors (Lipinski definition) is 1. The summed E-state index contributed by atoms with van der Waals surface area (Å²) in [6, 6.07) is 15.8. The Labute approximate surface area is 187 Å². The summed E-state index contributed by atoms with van der Waals surface area (Å²) >= 11 is 0. The summed E-state index contributed by atoms with van der Waals surface area (Å²) in [5.74, 6) is 0.239. The van der Waals surface area contributed by atoms with Gasteiger partial charge in [-0.2, -0.15) is 9.50 Å². The van der Waals surface area contributed by atoms with Crippen molar-refractivity contribution >= 4 is 17.5 Å². The first kappa shape index (κ1) is 22.3. The minimum Gasteiger partial charge on any atom is -0.406 e. The molecular weight excluding hydrogens is 435 g/mol. The number of alkyl halides is 3. The topological polar surface area (TPSA) is 81.4 Å². The Morgan fingerprint density at radius 1 is 1.06 bits per heavy atom. The second-order valence-corrected chi connectivity index (χ2v) is 7.28. The highest BCUT2D eigenvalue weighted by atomic mass is 19.4. The van der Waals surface area contributed by atoms with Gasteiger partial charge in [-0.3, -0.25) is 4.79 Å². The lowest BCUT2D eigenvalue weighted by atomic mass is 10.2. The van der Waals surface area contributed by atoms with Gasteiger partial charge in [0, 0.05) is 22.9 Å². The van der Waals surface area contributed by atoms with Gasteiger partial charge in [0.2, 0.25) is 0 Å². The number of fused-ring (bicyclic) bond motifs is 1. The maximum absolute atomic E-state index is 12.8. The SMILES string of the molecule is CCCCc1cc(NC(=O)c2ccc(OC(F)(F)F)cc2)n2nc(-c3ccccc3)nc2n1. The normalized spacial score (nSPS) is 11.5. The predicted molar refractivity (Wildman–Crippen MR) is 116 cm³/mol. The number of nitrogens with one attached hydrogen (secondary N) is 1. The summed E-state index contributed by atoms with van der Waals surface area (Å²) in [5.41, 5.74) is 1.71. The summed E-state index contributed by atoms with van der Waals surface area (Å²) < 4.78 is 42.4. The molecule has 2 heterocycles. The minimum absolute atomic E-state index is 0.160. The highest BCUT2D eigenvalue weighted by molar-refractivity contribution is 6.04. The number of aryl methyl sites for hydroxylation is 1. The van der Waals surface area contributed by atoms with Crippen LogP contribution < -0.4 is 10.1 Å². The number of nitrogens with zero attached hydrogens (tertiary/aromatic N) is 4. The number of aromatic nitrogens is 4. The van der Waals surface area contributed by atoms with Crippen LogP contribution in [0.5, 0.6) is 5.75 Å². The molecule has 0 saturated carbocycles. The summed E-state index contributed by atoms with van der Waals surface area (Å²) in [5, 5.41) is 7.26. The fourth-order valence-corrected chi connectivity index (χ4v) is 3.20. The fourth-order valence-electron chi connectivity index (χ4n) is 3.20. The van der Waals surface area contributed by atoms with Gasteiger partial charge in [0.15, 0.2) is 5.82 Å². The zero-order chi connectivity index (χ0) is 23.4. The molecule has 1 N–H and O–H groups in total. The molecule has 0 aliphatic carbocycles. The zero-order valence-corrected chi connectivity index (χ0v) is 17.6. The van der Waals surface area contributed by atoms with Crippen molar-refractivity contribution in [2.24, 2.45) is 0 Å². The Balaban J connectivity index is 1.65. The smallest absolute Gasteiger partial charge is 0.406 e. The van der Waals surface area contributed by atoms with Gasteiger partial charge in [-0.25, -0.2) is 4.98 Å². The van der Waals surface area contributed by atoms with Gasteiger partial charge in [0.05, 0.1) is 0 Å². The van der Waals surface area contributed by atoms with Crippen LogP contribution in [0, 0.1) is 0 Å². The summed E-state index contributed by atoms with van der Waals surface area (Å²) in [6.45, 7) is 2.07. The monoisotopic (exact) mass is 455 g/mol. The molecule has 0 fully saturated rings. The number of rotatable bonds is 7. The Hall–Kier alpha value is -3.95. The third kappa shape index (κ3) is 5.46. The van der Waals surface area contributed by atoms with Crippen molar-refractivity contribution in [3.63, 3.8) is 0 Å². The number of hydrogen-bond acceptors (Lipinski definition) is 5. The summed E-state index contributed by atoms with van der Waals surface area (Å²) in [6.07, 6.45) is -2.21. The van der Waals surface area contributed by atoms with E-state index in [1.54, 1.807) is 6.07 Å². The molecule has 0 atom stereocenters.